The van der Waals surface area contributed by atoms with E-state index in [1.807, 2.05) is 30.3 Å². The lowest BCUT2D eigenvalue weighted by Gasteiger charge is -2.16. The van der Waals surface area contributed by atoms with Crippen LogP contribution >= 0.6 is 23.2 Å². The van der Waals surface area contributed by atoms with E-state index in [0.29, 0.717) is 18.0 Å². The molecule has 0 aliphatic rings. The van der Waals surface area contributed by atoms with E-state index < -0.39 is 5.82 Å². The van der Waals surface area contributed by atoms with Crippen LogP contribution < -0.4 is 5.73 Å². The summed E-state index contributed by atoms with van der Waals surface area (Å²) in [7, 11) is 0. The molecule has 0 saturated heterocycles. The average Bonchev–Trinajstić information content (AvgIpc) is 2.40. The van der Waals surface area contributed by atoms with Crippen molar-refractivity contribution in [3.8, 4) is 0 Å². The molecule has 1 atom stereocenters. The van der Waals surface area contributed by atoms with Crippen LogP contribution in [0, 0.1) is 5.82 Å². The summed E-state index contributed by atoms with van der Waals surface area (Å²) >= 11 is 11.6. The Morgan fingerprint density at radius 2 is 1.89 bits per heavy atom. The van der Waals surface area contributed by atoms with Crippen molar-refractivity contribution in [2.75, 3.05) is 6.54 Å². The van der Waals surface area contributed by atoms with E-state index >= 15 is 0 Å². The minimum atomic E-state index is -0.402. The van der Waals surface area contributed by atoms with Gasteiger partial charge < -0.3 is 5.73 Å². The zero-order chi connectivity index (χ0) is 13.8. The first kappa shape index (κ1) is 14.3. The fourth-order valence-corrected chi connectivity index (χ4v) is 2.37. The minimum absolute atomic E-state index is 0.110. The number of benzene rings is 2. The van der Waals surface area contributed by atoms with Crippen molar-refractivity contribution in [3.63, 3.8) is 0 Å². The summed E-state index contributed by atoms with van der Waals surface area (Å²) < 4.78 is 13.4. The van der Waals surface area contributed by atoms with Crippen LogP contribution in [0.25, 0.3) is 0 Å². The van der Waals surface area contributed by atoms with Crippen LogP contribution in [0.2, 0.25) is 10.0 Å². The molecule has 4 heteroatoms. The second-order valence-corrected chi connectivity index (χ2v) is 5.28. The highest BCUT2D eigenvalue weighted by molar-refractivity contribution is 6.31. The molecule has 0 aromatic heterocycles. The van der Waals surface area contributed by atoms with Crippen molar-refractivity contribution in [1.29, 1.82) is 0 Å². The molecule has 2 rings (SSSR count). The van der Waals surface area contributed by atoms with E-state index in [4.69, 9.17) is 28.9 Å². The Morgan fingerprint density at radius 3 is 2.53 bits per heavy atom. The van der Waals surface area contributed by atoms with Gasteiger partial charge in [0.1, 0.15) is 5.82 Å². The molecule has 1 unspecified atom stereocenters. The van der Waals surface area contributed by atoms with E-state index in [1.165, 1.54) is 6.07 Å². The molecule has 0 aliphatic heterocycles. The summed E-state index contributed by atoms with van der Waals surface area (Å²) in [6.45, 7) is 0.477. The van der Waals surface area contributed by atoms with Crippen LogP contribution in [0.1, 0.15) is 17.0 Å². The van der Waals surface area contributed by atoms with E-state index in [-0.39, 0.29) is 10.9 Å². The number of hydrogen-bond donors (Lipinski definition) is 1. The molecule has 2 aromatic carbocycles. The fourth-order valence-electron chi connectivity index (χ4n) is 2.05. The zero-order valence-electron chi connectivity index (χ0n) is 10.2. The molecule has 0 amide bonds. The first-order valence-corrected chi connectivity index (χ1v) is 6.75. The Morgan fingerprint density at radius 1 is 1.11 bits per heavy atom. The molecule has 0 bridgehead atoms. The lowest BCUT2D eigenvalue weighted by Crippen LogP contribution is -2.15. The largest absolute Gasteiger partial charge is 0.330 e. The van der Waals surface area contributed by atoms with Gasteiger partial charge in [0.05, 0.1) is 5.02 Å². The standard InChI is InChI=1S/C15H14Cl2FN/c16-13-3-1-2-11(8-13)12(9-19)6-10-4-5-14(17)15(18)7-10/h1-5,7-8,12H,6,9,19H2. The maximum atomic E-state index is 13.4. The Labute approximate surface area is 122 Å². The van der Waals surface area contributed by atoms with Crippen LogP contribution in [0.4, 0.5) is 4.39 Å². The third-order valence-corrected chi connectivity index (χ3v) is 3.61. The maximum Gasteiger partial charge on any atom is 0.142 e. The van der Waals surface area contributed by atoms with Gasteiger partial charge >= 0.3 is 0 Å². The predicted octanol–water partition coefficient (Wildman–Crippen LogP) is 4.42. The average molecular weight is 298 g/mol. The first-order chi connectivity index (χ1) is 9.10. The van der Waals surface area contributed by atoms with Gasteiger partial charge in [-0.2, -0.15) is 0 Å². The Hall–Kier alpha value is -1.09. The first-order valence-electron chi connectivity index (χ1n) is 5.99. The monoisotopic (exact) mass is 297 g/mol. The second-order valence-electron chi connectivity index (χ2n) is 4.44. The van der Waals surface area contributed by atoms with Crippen molar-refractivity contribution in [2.24, 2.45) is 5.73 Å². The Kier molecular flexibility index (Phi) is 4.81. The summed E-state index contributed by atoms with van der Waals surface area (Å²) in [5.74, 6) is -0.291. The van der Waals surface area contributed by atoms with E-state index in [1.54, 1.807) is 6.07 Å². The van der Waals surface area contributed by atoms with Crippen molar-refractivity contribution in [1.82, 2.24) is 0 Å². The molecule has 2 N–H and O–H groups in total. The molecule has 100 valence electrons. The molecule has 0 spiro atoms. The van der Waals surface area contributed by atoms with Gasteiger partial charge in [0, 0.05) is 10.9 Å². The smallest absolute Gasteiger partial charge is 0.142 e. The van der Waals surface area contributed by atoms with Crippen LogP contribution in [-0.4, -0.2) is 6.54 Å². The van der Waals surface area contributed by atoms with E-state index in [2.05, 4.69) is 0 Å². The fraction of sp³-hybridized carbons (Fsp3) is 0.200. The van der Waals surface area contributed by atoms with Crippen LogP contribution in [0.15, 0.2) is 42.5 Å². The van der Waals surface area contributed by atoms with Gasteiger partial charge in [0.25, 0.3) is 0 Å². The van der Waals surface area contributed by atoms with Gasteiger partial charge in [-0.25, -0.2) is 4.39 Å². The number of nitrogens with two attached hydrogens (primary N) is 1. The van der Waals surface area contributed by atoms with Crippen molar-refractivity contribution in [2.45, 2.75) is 12.3 Å². The van der Waals surface area contributed by atoms with Gasteiger partial charge in [0.15, 0.2) is 0 Å². The molecule has 0 heterocycles. The Bertz CT molecular complexity index is 572. The second kappa shape index (κ2) is 6.38. The number of hydrogen-bond acceptors (Lipinski definition) is 1. The summed E-state index contributed by atoms with van der Waals surface area (Å²) in [6.07, 6.45) is 0.658. The van der Waals surface area contributed by atoms with Crippen molar-refractivity contribution in [3.05, 3.63) is 69.5 Å². The highest BCUT2D eigenvalue weighted by atomic mass is 35.5. The quantitative estimate of drug-likeness (QED) is 0.888. The van der Waals surface area contributed by atoms with Crippen molar-refractivity contribution < 1.29 is 4.39 Å². The number of rotatable bonds is 4. The van der Waals surface area contributed by atoms with Gasteiger partial charge in [-0.1, -0.05) is 41.4 Å². The minimum Gasteiger partial charge on any atom is -0.330 e. The molecule has 1 nitrogen and oxygen atoms in total. The van der Waals surface area contributed by atoms with Crippen LogP contribution in [0.3, 0.4) is 0 Å². The molecule has 19 heavy (non-hydrogen) atoms. The molecule has 0 saturated carbocycles. The summed E-state index contributed by atoms with van der Waals surface area (Å²) in [6, 6.07) is 12.4. The van der Waals surface area contributed by atoms with E-state index in [9.17, 15) is 4.39 Å². The third-order valence-electron chi connectivity index (χ3n) is 3.07. The maximum absolute atomic E-state index is 13.4. The normalized spacial score (nSPS) is 12.4. The lowest BCUT2D eigenvalue weighted by atomic mass is 9.92. The van der Waals surface area contributed by atoms with Crippen LogP contribution in [0.5, 0.6) is 0 Å². The molecule has 0 radical (unpaired) electrons. The molecule has 0 aliphatic carbocycles. The molecular formula is C15H14Cl2FN. The third kappa shape index (κ3) is 3.69. The highest BCUT2D eigenvalue weighted by Gasteiger charge is 2.12. The number of halogens is 3. The lowest BCUT2D eigenvalue weighted by molar-refractivity contribution is 0.621. The van der Waals surface area contributed by atoms with Gasteiger partial charge in [-0.15, -0.1) is 0 Å². The summed E-state index contributed by atoms with van der Waals surface area (Å²) in [5, 5.41) is 0.814. The zero-order valence-corrected chi connectivity index (χ0v) is 11.8. The van der Waals surface area contributed by atoms with Gasteiger partial charge in [-0.3, -0.25) is 0 Å². The molecular weight excluding hydrogens is 284 g/mol. The van der Waals surface area contributed by atoms with Gasteiger partial charge in [0.2, 0.25) is 0 Å². The highest BCUT2D eigenvalue weighted by Crippen LogP contribution is 2.24. The predicted molar refractivity (Wildman–Crippen MR) is 78.4 cm³/mol. The summed E-state index contributed by atoms with van der Waals surface area (Å²) in [5.41, 5.74) is 7.74. The topological polar surface area (TPSA) is 26.0 Å². The SMILES string of the molecule is NCC(Cc1ccc(Cl)c(F)c1)c1cccc(Cl)c1. The van der Waals surface area contributed by atoms with Crippen LogP contribution in [-0.2, 0) is 6.42 Å². The van der Waals surface area contributed by atoms with Crippen molar-refractivity contribution >= 4 is 23.2 Å². The molecule has 0 fully saturated rings. The Balaban J connectivity index is 2.21. The van der Waals surface area contributed by atoms with Gasteiger partial charge in [-0.05, 0) is 48.4 Å². The molecule has 2 aromatic rings. The van der Waals surface area contributed by atoms with E-state index in [0.717, 1.165) is 11.1 Å². The summed E-state index contributed by atoms with van der Waals surface area (Å²) in [4.78, 5) is 0.